The fourth-order valence-corrected chi connectivity index (χ4v) is 8.71. The van der Waals surface area contributed by atoms with Crippen LogP contribution in [0.25, 0.3) is 11.3 Å². The lowest BCUT2D eigenvalue weighted by Gasteiger charge is -2.35. The number of anilines is 2. The second-order valence-corrected chi connectivity index (χ2v) is 19.5. The van der Waals surface area contributed by atoms with Crippen LogP contribution in [0.2, 0.25) is 0 Å². The van der Waals surface area contributed by atoms with Gasteiger partial charge in [0.15, 0.2) is 11.3 Å². The number of nitrogens with one attached hydrogen (secondary N) is 5. The molecule has 4 aromatic heterocycles. The molecule has 2 aliphatic heterocycles. The number of aromatic amines is 2. The van der Waals surface area contributed by atoms with Crippen LogP contribution in [0.5, 0.6) is 0 Å². The molecule has 348 valence electrons. The van der Waals surface area contributed by atoms with Crippen LogP contribution in [-0.4, -0.2) is 93.5 Å². The topological polar surface area (TPSA) is 262 Å². The van der Waals surface area contributed by atoms with Crippen molar-refractivity contribution >= 4 is 54.6 Å². The van der Waals surface area contributed by atoms with Gasteiger partial charge in [-0.1, -0.05) is 6.42 Å². The molecule has 2 aromatic carbocycles. The summed E-state index contributed by atoms with van der Waals surface area (Å²) in [7, 11) is -7.25. The number of carbonyl (C=O) groups excluding carboxylic acids is 1. The number of halogens is 2. The van der Waals surface area contributed by atoms with E-state index in [-0.39, 0.29) is 28.1 Å². The number of aryl methyl sites for hydroxylation is 2. The number of nitrogens with zero attached hydrogens (tertiary/aromatic N) is 5. The number of carbonyl (C=O) groups is 2. The molecule has 0 aliphatic carbocycles. The van der Waals surface area contributed by atoms with Crippen molar-refractivity contribution in [1.29, 1.82) is 0 Å². The lowest BCUT2D eigenvalue weighted by molar-refractivity contribution is 0.0605. The van der Waals surface area contributed by atoms with E-state index in [1.165, 1.54) is 23.4 Å². The van der Waals surface area contributed by atoms with Crippen LogP contribution in [-0.2, 0) is 20.0 Å². The highest BCUT2D eigenvalue weighted by molar-refractivity contribution is 7.92. The molecule has 1 amide bonds. The van der Waals surface area contributed by atoms with Gasteiger partial charge in [0.2, 0.25) is 20.0 Å². The van der Waals surface area contributed by atoms with Gasteiger partial charge in [-0.05, 0) is 103 Å². The lowest BCUT2D eigenvalue weighted by Crippen LogP contribution is -2.39. The van der Waals surface area contributed by atoms with E-state index in [0.29, 0.717) is 52.8 Å². The van der Waals surface area contributed by atoms with Crippen LogP contribution in [0, 0.1) is 39.3 Å². The minimum absolute atomic E-state index is 0.000408. The van der Waals surface area contributed by atoms with Gasteiger partial charge < -0.3 is 15.3 Å². The van der Waals surface area contributed by atoms with E-state index in [1.807, 2.05) is 24.6 Å². The number of carboxylic acids is 1. The number of aromatic carboxylic acids is 1. The highest BCUT2D eigenvalue weighted by Gasteiger charge is 2.32. The van der Waals surface area contributed by atoms with Crippen LogP contribution in [0.15, 0.2) is 58.1 Å². The molecule has 8 rings (SSSR count). The van der Waals surface area contributed by atoms with E-state index < -0.39 is 55.2 Å². The normalized spacial score (nSPS) is 16.6. The molecule has 0 saturated carbocycles. The van der Waals surface area contributed by atoms with E-state index in [2.05, 4.69) is 30.2 Å². The van der Waals surface area contributed by atoms with Crippen molar-refractivity contribution in [3.05, 3.63) is 126 Å². The number of hydrogen-bond donors (Lipinski definition) is 6. The van der Waals surface area contributed by atoms with Crippen LogP contribution >= 0.6 is 0 Å². The summed E-state index contributed by atoms with van der Waals surface area (Å²) in [4.78, 5) is 59.3. The minimum Gasteiger partial charge on any atom is -0.478 e. The average Bonchev–Trinajstić information content (AvgIpc) is 3.88. The van der Waals surface area contributed by atoms with Gasteiger partial charge in [-0.2, -0.15) is 0 Å². The van der Waals surface area contributed by atoms with Crippen molar-refractivity contribution in [1.82, 2.24) is 39.4 Å². The molecule has 23 heteroatoms. The van der Waals surface area contributed by atoms with E-state index >= 15 is 0 Å². The molecule has 2 aliphatic rings. The smallest absolute Gasteiger partial charge is 0.337 e. The SMILES string of the molecule is CS(=O)(=O)Nc1ccc(F)cc1C(=O)O.Cc1nc2cc([C@@H]3CCCCN3)[nH]n2c(=O)c1C.Cc1nc2cc([C@@H]3CCCCN3C(=O)c3cc(F)ccc3NS(C)(=O)=O)[nH]n2c(=O)c1C. The van der Waals surface area contributed by atoms with Gasteiger partial charge in [0, 0.05) is 47.2 Å². The van der Waals surface area contributed by atoms with Crippen molar-refractivity contribution in [3.63, 3.8) is 0 Å². The zero-order chi connectivity index (χ0) is 47.5. The molecule has 0 unspecified atom stereocenters. The van der Waals surface area contributed by atoms with Crippen molar-refractivity contribution in [3.8, 4) is 0 Å². The Hall–Kier alpha value is -6.46. The summed E-state index contributed by atoms with van der Waals surface area (Å²) >= 11 is 0. The number of aromatic nitrogens is 6. The monoisotopic (exact) mass is 940 g/mol. The van der Waals surface area contributed by atoms with Gasteiger partial charge in [-0.15, -0.1) is 0 Å². The summed E-state index contributed by atoms with van der Waals surface area (Å²) in [6.45, 7) is 8.61. The maximum atomic E-state index is 14.0. The summed E-state index contributed by atoms with van der Waals surface area (Å²) in [6.07, 6.45) is 7.66. The third-order valence-electron chi connectivity index (χ3n) is 11.0. The molecule has 2 atom stereocenters. The van der Waals surface area contributed by atoms with Crippen LogP contribution in [0.3, 0.4) is 0 Å². The Morgan fingerprint density at radius 3 is 1.71 bits per heavy atom. The van der Waals surface area contributed by atoms with Gasteiger partial charge >= 0.3 is 5.97 Å². The number of carboxylic acid groups (broad SMARTS) is 1. The molecule has 0 spiro atoms. The number of benzene rings is 2. The van der Waals surface area contributed by atoms with E-state index in [1.54, 1.807) is 29.3 Å². The standard InChI is InChI=1S/C21H24FN5O4S.C13H18N4O.C8H8FNO4S/c1-12-13(2)23-19-11-17(24-27(19)20(12)28)18-6-4-5-9-26(18)21(29)15-10-14(22)7-8-16(15)25-32(3,30)31;1-8-9(2)15-12-7-11(16-17(12)13(8)18)10-5-3-4-6-14-10;1-15(13,14)10-7-3-2-5(9)4-6(7)8(11)12/h7-8,10-11,18,24-25H,4-6,9H2,1-3H3;7,10,14,16H,3-6H2,1-2H3;2-4,10H,1H3,(H,11,12)/t18-;10-;/m00./s1. The quantitative estimate of drug-likeness (QED) is 0.120. The number of sulfonamides is 2. The second kappa shape index (κ2) is 19.3. The zero-order valence-electron chi connectivity index (χ0n) is 36.5. The van der Waals surface area contributed by atoms with Crippen LogP contribution < -0.4 is 25.9 Å². The van der Waals surface area contributed by atoms with E-state index in [9.17, 15) is 44.8 Å². The highest BCUT2D eigenvalue weighted by atomic mass is 32.2. The van der Waals surface area contributed by atoms with Gasteiger partial charge in [0.05, 0.1) is 52.4 Å². The summed E-state index contributed by atoms with van der Waals surface area (Å²) in [5, 5.41) is 18.4. The van der Waals surface area contributed by atoms with Gasteiger partial charge in [-0.25, -0.2) is 49.4 Å². The third kappa shape index (κ3) is 11.4. The molecular weight excluding hydrogens is 891 g/mol. The molecular formula is C42H50F2N10O9S2. The predicted molar refractivity (Wildman–Crippen MR) is 239 cm³/mol. The van der Waals surface area contributed by atoms with Crippen molar-refractivity contribution in [2.24, 2.45) is 0 Å². The fraction of sp³-hybridized carbons (Fsp3) is 0.381. The van der Waals surface area contributed by atoms with Crippen molar-refractivity contribution < 1.29 is 40.3 Å². The summed E-state index contributed by atoms with van der Waals surface area (Å²) in [6, 6.07) is 9.79. The molecule has 6 heterocycles. The number of H-pyrrole nitrogens is 2. The molecule has 0 bridgehead atoms. The van der Waals surface area contributed by atoms with E-state index in [0.717, 1.165) is 80.0 Å². The van der Waals surface area contributed by atoms with Gasteiger partial charge in [0.1, 0.15) is 11.6 Å². The van der Waals surface area contributed by atoms with Gasteiger partial charge in [-0.3, -0.25) is 34.0 Å². The average molecular weight is 941 g/mol. The first-order valence-corrected chi connectivity index (χ1v) is 24.3. The lowest BCUT2D eigenvalue weighted by atomic mass is 9.98. The Labute approximate surface area is 372 Å². The zero-order valence-corrected chi connectivity index (χ0v) is 38.1. The Bertz CT molecular complexity index is 3140. The van der Waals surface area contributed by atoms with Crippen LogP contribution in [0.4, 0.5) is 20.2 Å². The number of piperidine rings is 2. The summed E-state index contributed by atoms with van der Waals surface area (Å²) in [5.74, 6) is -3.29. The summed E-state index contributed by atoms with van der Waals surface area (Å²) in [5.41, 5.74) is 4.69. The number of rotatable bonds is 8. The van der Waals surface area contributed by atoms with Crippen molar-refractivity contribution in [2.75, 3.05) is 35.0 Å². The maximum absolute atomic E-state index is 14.0. The Morgan fingerprint density at radius 1 is 0.708 bits per heavy atom. The third-order valence-corrected chi connectivity index (χ3v) is 12.2. The largest absolute Gasteiger partial charge is 0.478 e. The number of likely N-dealkylation sites (tertiary alicyclic amines) is 1. The molecule has 65 heavy (non-hydrogen) atoms. The molecule has 6 N–H and O–H groups in total. The fourth-order valence-electron chi connectivity index (χ4n) is 7.56. The Morgan fingerprint density at radius 2 is 1.20 bits per heavy atom. The first-order chi connectivity index (χ1) is 30.5. The molecule has 2 saturated heterocycles. The predicted octanol–water partition coefficient (Wildman–Crippen LogP) is 4.87. The molecule has 19 nitrogen and oxygen atoms in total. The summed E-state index contributed by atoms with van der Waals surface area (Å²) < 4.78 is 79.1. The Balaban J connectivity index is 0.000000179. The molecule has 6 aromatic rings. The Kier molecular flexibility index (Phi) is 14.3. The highest BCUT2D eigenvalue weighted by Crippen LogP contribution is 2.33. The van der Waals surface area contributed by atoms with Crippen LogP contribution in [0.1, 0.15) is 105 Å². The van der Waals surface area contributed by atoms with E-state index in [4.69, 9.17) is 5.11 Å². The number of amides is 1. The second-order valence-electron chi connectivity index (χ2n) is 16.0. The first kappa shape index (κ1) is 48.0. The molecule has 0 radical (unpaired) electrons. The minimum atomic E-state index is -3.67. The maximum Gasteiger partial charge on any atom is 0.337 e. The van der Waals surface area contributed by atoms with Crippen molar-refractivity contribution in [2.45, 2.75) is 78.3 Å². The first-order valence-electron chi connectivity index (χ1n) is 20.5. The number of fused-ring (bicyclic) bond motifs is 2. The van der Waals surface area contributed by atoms with Gasteiger partial charge in [0.25, 0.3) is 17.0 Å². The number of hydrogen-bond acceptors (Lipinski definition) is 11. The molecule has 2 fully saturated rings.